The number of rotatable bonds is 1. The number of benzene rings is 2. The summed E-state index contributed by atoms with van der Waals surface area (Å²) in [6, 6.07) is 16.3. The maximum absolute atomic E-state index is 12.0. The number of Topliss-reactive ketones (excluding diaryl/α,β-unsaturated/α-hetero) is 1. The molecule has 1 atom stereocenters. The van der Waals surface area contributed by atoms with Crippen molar-refractivity contribution in [1.29, 1.82) is 0 Å². The Kier molecular flexibility index (Phi) is 2.32. The van der Waals surface area contributed by atoms with Crippen molar-refractivity contribution in [2.45, 2.75) is 19.3 Å². The van der Waals surface area contributed by atoms with E-state index in [9.17, 15) is 4.79 Å². The lowest BCUT2D eigenvalue weighted by atomic mass is 9.90. The first-order chi connectivity index (χ1) is 8.27. The second-order valence-electron chi connectivity index (χ2n) is 4.63. The zero-order valence-electron chi connectivity index (χ0n) is 9.81. The van der Waals surface area contributed by atoms with Crippen LogP contribution in [0.4, 0.5) is 0 Å². The number of hydrogen-bond donors (Lipinski definition) is 0. The maximum atomic E-state index is 12.0. The molecule has 2 aromatic rings. The van der Waals surface area contributed by atoms with E-state index in [2.05, 4.69) is 25.1 Å². The van der Waals surface area contributed by atoms with E-state index in [-0.39, 0.29) is 11.7 Å². The van der Waals surface area contributed by atoms with E-state index in [1.807, 2.05) is 30.3 Å². The molecule has 0 saturated carbocycles. The number of fused-ring (bicyclic) bond motifs is 1. The third-order valence-electron chi connectivity index (χ3n) is 3.56. The van der Waals surface area contributed by atoms with E-state index in [1.165, 1.54) is 16.7 Å². The van der Waals surface area contributed by atoms with Crippen molar-refractivity contribution in [2.75, 3.05) is 0 Å². The number of carbonyl (C=O) groups excluding carboxylic acids is 1. The largest absolute Gasteiger partial charge is 0.294 e. The number of carbonyl (C=O) groups is 1. The zero-order valence-corrected chi connectivity index (χ0v) is 9.81. The molecule has 0 unspecified atom stereocenters. The van der Waals surface area contributed by atoms with Gasteiger partial charge in [-0.05, 0) is 23.6 Å². The first kappa shape index (κ1) is 10.3. The van der Waals surface area contributed by atoms with E-state index in [4.69, 9.17) is 0 Å². The molecule has 0 amide bonds. The van der Waals surface area contributed by atoms with Gasteiger partial charge in [-0.3, -0.25) is 4.79 Å². The fourth-order valence-corrected chi connectivity index (χ4v) is 2.75. The van der Waals surface area contributed by atoms with Crippen molar-refractivity contribution < 1.29 is 4.79 Å². The van der Waals surface area contributed by atoms with Crippen LogP contribution in [0.25, 0.3) is 0 Å². The summed E-state index contributed by atoms with van der Waals surface area (Å²) < 4.78 is 0. The molecule has 1 aliphatic rings. The molecule has 17 heavy (non-hydrogen) atoms. The van der Waals surface area contributed by atoms with Crippen LogP contribution in [0.3, 0.4) is 0 Å². The highest BCUT2D eigenvalue weighted by molar-refractivity contribution is 6.02. The Hall–Kier alpha value is -1.89. The lowest BCUT2D eigenvalue weighted by Crippen LogP contribution is -1.98. The minimum absolute atomic E-state index is 0.250. The minimum Gasteiger partial charge on any atom is -0.294 e. The summed E-state index contributed by atoms with van der Waals surface area (Å²) in [5, 5.41) is 0. The van der Waals surface area contributed by atoms with Crippen LogP contribution in [0.15, 0.2) is 48.5 Å². The monoisotopic (exact) mass is 222 g/mol. The summed E-state index contributed by atoms with van der Waals surface area (Å²) >= 11 is 0. The predicted molar refractivity (Wildman–Crippen MR) is 68.4 cm³/mol. The van der Waals surface area contributed by atoms with Crippen molar-refractivity contribution in [1.82, 2.24) is 0 Å². The molecule has 0 aliphatic heterocycles. The van der Waals surface area contributed by atoms with Gasteiger partial charge in [0.2, 0.25) is 0 Å². The Balaban J connectivity index is 2.16. The van der Waals surface area contributed by atoms with Crippen LogP contribution in [0.2, 0.25) is 0 Å². The molecule has 3 rings (SSSR count). The molecule has 0 aromatic heterocycles. The van der Waals surface area contributed by atoms with Gasteiger partial charge in [0.1, 0.15) is 0 Å². The molecule has 0 radical (unpaired) electrons. The summed E-state index contributed by atoms with van der Waals surface area (Å²) in [4.78, 5) is 12.0. The van der Waals surface area contributed by atoms with Gasteiger partial charge in [-0.15, -0.1) is 0 Å². The topological polar surface area (TPSA) is 17.1 Å². The van der Waals surface area contributed by atoms with Gasteiger partial charge in [0.25, 0.3) is 0 Å². The van der Waals surface area contributed by atoms with Gasteiger partial charge in [-0.25, -0.2) is 0 Å². The Morgan fingerprint density at radius 3 is 2.53 bits per heavy atom. The summed E-state index contributed by atoms with van der Waals surface area (Å²) in [7, 11) is 0. The average molecular weight is 222 g/mol. The molecular weight excluding hydrogens is 208 g/mol. The molecule has 0 heterocycles. The van der Waals surface area contributed by atoms with Crippen LogP contribution in [0.1, 0.15) is 39.4 Å². The summed E-state index contributed by atoms with van der Waals surface area (Å²) in [6.07, 6.45) is 0.615. The van der Waals surface area contributed by atoms with Gasteiger partial charge in [-0.2, -0.15) is 0 Å². The summed E-state index contributed by atoms with van der Waals surface area (Å²) in [5.74, 6) is 0.525. The normalized spacial score (nSPS) is 18.2. The number of ketones is 1. The molecule has 84 valence electrons. The molecule has 1 aliphatic carbocycles. The molecule has 0 fully saturated rings. The first-order valence-electron chi connectivity index (χ1n) is 5.95. The van der Waals surface area contributed by atoms with E-state index < -0.39 is 0 Å². The second kappa shape index (κ2) is 3.85. The van der Waals surface area contributed by atoms with Gasteiger partial charge in [0, 0.05) is 17.9 Å². The van der Waals surface area contributed by atoms with E-state index in [0.29, 0.717) is 6.42 Å². The molecule has 1 nitrogen and oxygen atoms in total. The van der Waals surface area contributed by atoms with Gasteiger partial charge in [-0.1, -0.05) is 48.5 Å². The predicted octanol–water partition coefficient (Wildman–Crippen LogP) is 3.71. The third-order valence-corrected chi connectivity index (χ3v) is 3.56. The van der Waals surface area contributed by atoms with Gasteiger partial charge >= 0.3 is 0 Å². The van der Waals surface area contributed by atoms with Crippen LogP contribution in [-0.4, -0.2) is 5.78 Å². The lowest BCUT2D eigenvalue weighted by molar-refractivity contribution is 0.0991. The zero-order chi connectivity index (χ0) is 11.8. The third kappa shape index (κ3) is 1.59. The minimum atomic E-state index is 0.250. The highest BCUT2D eigenvalue weighted by atomic mass is 16.1. The molecule has 2 aromatic carbocycles. The molecule has 1 heteroatoms. The van der Waals surface area contributed by atoms with Gasteiger partial charge < -0.3 is 0 Å². The Morgan fingerprint density at radius 1 is 1.00 bits per heavy atom. The number of hydrogen-bond acceptors (Lipinski definition) is 1. The summed E-state index contributed by atoms with van der Waals surface area (Å²) in [6.45, 7) is 2.09. The van der Waals surface area contributed by atoms with Crippen LogP contribution < -0.4 is 0 Å². The molecule has 0 spiro atoms. The number of aryl methyl sites for hydroxylation is 1. The van der Waals surface area contributed by atoms with Gasteiger partial charge in [0.15, 0.2) is 5.78 Å². The lowest BCUT2D eigenvalue weighted by Gasteiger charge is -2.13. The van der Waals surface area contributed by atoms with E-state index in [0.717, 1.165) is 5.56 Å². The van der Waals surface area contributed by atoms with Crippen LogP contribution in [0, 0.1) is 6.92 Å². The summed E-state index contributed by atoms with van der Waals surface area (Å²) in [5.41, 5.74) is 4.61. The Labute approximate surface area is 101 Å². The molecule has 0 saturated heterocycles. The van der Waals surface area contributed by atoms with Crippen LogP contribution in [-0.2, 0) is 0 Å². The van der Waals surface area contributed by atoms with E-state index in [1.54, 1.807) is 0 Å². The smallest absolute Gasteiger partial charge is 0.164 e. The average Bonchev–Trinajstić information content (AvgIpc) is 2.70. The Bertz CT molecular complexity index is 569. The van der Waals surface area contributed by atoms with E-state index >= 15 is 0 Å². The molecule has 0 N–H and O–H groups in total. The maximum Gasteiger partial charge on any atom is 0.164 e. The molecular formula is C16H14O. The molecule has 0 bridgehead atoms. The van der Waals surface area contributed by atoms with Crippen LogP contribution in [0.5, 0.6) is 0 Å². The first-order valence-corrected chi connectivity index (χ1v) is 5.95. The fraction of sp³-hybridized carbons (Fsp3) is 0.188. The van der Waals surface area contributed by atoms with Crippen molar-refractivity contribution in [2.24, 2.45) is 0 Å². The van der Waals surface area contributed by atoms with Crippen molar-refractivity contribution >= 4 is 5.78 Å². The fourth-order valence-electron chi connectivity index (χ4n) is 2.75. The highest BCUT2D eigenvalue weighted by Gasteiger charge is 2.31. The van der Waals surface area contributed by atoms with Crippen molar-refractivity contribution in [3.63, 3.8) is 0 Å². The van der Waals surface area contributed by atoms with Crippen molar-refractivity contribution in [3.05, 3.63) is 70.8 Å². The Morgan fingerprint density at radius 2 is 1.76 bits per heavy atom. The quantitative estimate of drug-likeness (QED) is 0.718. The van der Waals surface area contributed by atoms with Gasteiger partial charge in [0.05, 0.1) is 0 Å². The van der Waals surface area contributed by atoms with Crippen LogP contribution >= 0.6 is 0 Å². The SMILES string of the molecule is Cc1cccc2c1[C@H](c1ccccc1)CC2=O. The van der Waals surface area contributed by atoms with Crippen molar-refractivity contribution in [3.8, 4) is 0 Å². The highest BCUT2D eigenvalue weighted by Crippen LogP contribution is 2.39. The standard InChI is InChI=1S/C16H14O/c1-11-6-5-9-13-15(17)10-14(16(11)13)12-7-3-2-4-8-12/h2-9,14H,10H2,1H3/t14-/m0/s1. The second-order valence-corrected chi connectivity index (χ2v) is 4.63.